The van der Waals surface area contributed by atoms with E-state index in [0.717, 1.165) is 18.7 Å². The van der Waals surface area contributed by atoms with Gasteiger partial charge in [-0.2, -0.15) is 11.8 Å². The summed E-state index contributed by atoms with van der Waals surface area (Å²) in [7, 11) is 0. The number of rotatable bonds is 3. The minimum atomic E-state index is -0.0822. The Kier molecular flexibility index (Phi) is 4.46. The fourth-order valence-corrected chi connectivity index (χ4v) is 4.36. The fraction of sp³-hybridized carbons (Fsp3) is 0.625. The van der Waals surface area contributed by atoms with Crippen molar-refractivity contribution in [1.29, 1.82) is 0 Å². The SMILES string of the molecule is OC1CCCC1CNC1CSCCc2ccccc21. The van der Waals surface area contributed by atoms with Crippen molar-refractivity contribution in [2.45, 2.75) is 37.8 Å². The highest BCUT2D eigenvalue weighted by molar-refractivity contribution is 7.99. The third-order valence-electron chi connectivity index (χ3n) is 4.48. The smallest absolute Gasteiger partial charge is 0.0580 e. The molecule has 1 aliphatic carbocycles. The van der Waals surface area contributed by atoms with Crippen molar-refractivity contribution in [2.24, 2.45) is 5.92 Å². The van der Waals surface area contributed by atoms with Gasteiger partial charge in [-0.05, 0) is 42.1 Å². The first-order chi connectivity index (χ1) is 9.34. The summed E-state index contributed by atoms with van der Waals surface area (Å²) in [5.41, 5.74) is 2.97. The standard InChI is InChI=1S/C16H23NOS/c18-16-7-3-5-13(16)10-17-15-11-19-9-8-12-4-1-2-6-14(12)15/h1-2,4,6,13,15-18H,3,5,7-11H2. The molecular formula is C16H23NOS. The Morgan fingerprint density at radius 3 is 3.00 bits per heavy atom. The molecule has 1 aromatic rings. The van der Waals surface area contributed by atoms with Gasteiger partial charge in [0, 0.05) is 18.3 Å². The Labute approximate surface area is 120 Å². The highest BCUT2D eigenvalue weighted by Crippen LogP contribution is 2.29. The van der Waals surface area contributed by atoms with Crippen LogP contribution in [-0.4, -0.2) is 29.3 Å². The molecule has 2 aliphatic rings. The van der Waals surface area contributed by atoms with Crippen LogP contribution >= 0.6 is 11.8 Å². The Morgan fingerprint density at radius 2 is 2.16 bits per heavy atom. The van der Waals surface area contributed by atoms with Gasteiger partial charge in [-0.25, -0.2) is 0 Å². The van der Waals surface area contributed by atoms with Gasteiger partial charge in [-0.1, -0.05) is 30.7 Å². The maximum Gasteiger partial charge on any atom is 0.0580 e. The van der Waals surface area contributed by atoms with Gasteiger partial charge in [0.05, 0.1) is 6.10 Å². The Bertz CT molecular complexity index is 423. The molecular weight excluding hydrogens is 254 g/mol. The number of thioether (sulfide) groups is 1. The van der Waals surface area contributed by atoms with Crippen LogP contribution in [0.25, 0.3) is 0 Å². The number of aliphatic hydroxyl groups is 1. The van der Waals surface area contributed by atoms with Crippen LogP contribution < -0.4 is 5.32 Å². The van der Waals surface area contributed by atoms with Gasteiger partial charge in [-0.3, -0.25) is 0 Å². The minimum Gasteiger partial charge on any atom is -0.393 e. The summed E-state index contributed by atoms with van der Waals surface area (Å²) in [6.07, 6.45) is 4.45. The number of aryl methyl sites for hydroxylation is 1. The van der Waals surface area contributed by atoms with Gasteiger partial charge < -0.3 is 10.4 Å². The first-order valence-corrected chi connectivity index (χ1v) is 8.57. The molecule has 1 fully saturated rings. The molecule has 19 heavy (non-hydrogen) atoms. The van der Waals surface area contributed by atoms with Gasteiger partial charge >= 0.3 is 0 Å². The number of fused-ring (bicyclic) bond motifs is 1. The lowest BCUT2D eigenvalue weighted by atomic mass is 9.98. The van der Waals surface area contributed by atoms with Crippen LogP contribution in [0.4, 0.5) is 0 Å². The number of aliphatic hydroxyl groups excluding tert-OH is 1. The van der Waals surface area contributed by atoms with Crippen LogP contribution in [-0.2, 0) is 6.42 Å². The van der Waals surface area contributed by atoms with Gasteiger partial charge in [0.15, 0.2) is 0 Å². The summed E-state index contributed by atoms with van der Waals surface area (Å²) in [6.45, 7) is 0.959. The van der Waals surface area contributed by atoms with Gasteiger partial charge in [0.2, 0.25) is 0 Å². The molecule has 2 nitrogen and oxygen atoms in total. The fourth-order valence-electron chi connectivity index (χ4n) is 3.29. The number of nitrogens with one attached hydrogen (secondary N) is 1. The van der Waals surface area contributed by atoms with Crippen LogP contribution in [0.1, 0.15) is 36.4 Å². The second-order valence-electron chi connectivity index (χ2n) is 5.74. The van der Waals surface area contributed by atoms with Crippen molar-refractivity contribution in [3.05, 3.63) is 35.4 Å². The molecule has 0 bridgehead atoms. The van der Waals surface area contributed by atoms with E-state index in [1.165, 1.54) is 36.1 Å². The second-order valence-corrected chi connectivity index (χ2v) is 6.89. The van der Waals surface area contributed by atoms with Gasteiger partial charge in [0.1, 0.15) is 0 Å². The predicted molar refractivity (Wildman–Crippen MR) is 81.6 cm³/mol. The van der Waals surface area contributed by atoms with Gasteiger partial charge in [-0.15, -0.1) is 0 Å². The van der Waals surface area contributed by atoms with Crippen molar-refractivity contribution in [2.75, 3.05) is 18.1 Å². The molecule has 1 heterocycles. The maximum absolute atomic E-state index is 9.92. The third kappa shape index (κ3) is 3.15. The van der Waals surface area contributed by atoms with Crippen LogP contribution in [0.5, 0.6) is 0 Å². The monoisotopic (exact) mass is 277 g/mol. The van der Waals surface area contributed by atoms with E-state index >= 15 is 0 Å². The zero-order chi connectivity index (χ0) is 13.1. The molecule has 0 aromatic heterocycles. The average Bonchev–Trinajstić information content (AvgIpc) is 2.73. The first kappa shape index (κ1) is 13.5. The van der Waals surface area contributed by atoms with Crippen LogP contribution in [0.2, 0.25) is 0 Å². The Morgan fingerprint density at radius 1 is 1.26 bits per heavy atom. The van der Waals surface area contributed by atoms with Crippen molar-refractivity contribution in [3.63, 3.8) is 0 Å². The summed E-state index contributed by atoms with van der Waals surface area (Å²) in [5.74, 6) is 2.83. The van der Waals surface area contributed by atoms with E-state index < -0.39 is 0 Å². The molecule has 2 N–H and O–H groups in total. The molecule has 0 amide bonds. The second kappa shape index (κ2) is 6.29. The zero-order valence-electron chi connectivity index (χ0n) is 11.3. The highest BCUT2D eigenvalue weighted by atomic mass is 32.2. The largest absolute Gasteiger partial charge is 0.393 e. The van der Waals surface area contributed by atoms with Crippen LogP contribution in [0, 0.1) is 5.92 Å². The normalized spacial score (nSPS) is 30.9. The lowest BCUT2D eigenvalue weighted by Gasteiger charge is -2.22. The molecule has 0 radical (unpaired) electrons. The molecule has 0 saturated heterocycles. The zero-order valence-corrected chi connectivity index (χ0v) is 12.2. The topological polar surface area (TPSA) is 32.3 Å². The van der Waals surface area contributed by atoms with Crippen molar-refractivity contribution in [3.8, 4) is 0 Å². The number of hydrogen-bond acceptors (Lipinski definition) is 3. The predicted octanol–water partition coefficient (Wildman–Crippen LogP) is 2.77. The molecule has 1 saturated carbocycles. The maximum atomic E-state index is 9.92. The molecule has 3 unspecified atom stereocenters. The van der Waals surface area contributed by atoms with Crippen molar-refractivity contribution < 1.29 is 5.11 Å². The molecule has 3 rings (SSSR count). The molecule has 104 valence electrons. The highest BCUT2D eigenvalue weighted by Gasteiger charge is 2.26. The Balaban J connectivity index is 1.67. The number of hydrogen-bond donors (Lipinski definition) is 2. The number of benzene rings is 1. The van der Waals surface area contributed by atoms with Gasteiger partial charge in [0.25, 0.3) is 0 Å². The minimum absolute atomic E-state index is 0.0822. The van der Waals surface area contributed by atoms with E-state index in [2.05, 4.69) is 29.6 Å². The molecule has 0 spiro atoms. The summed E-state index contributed by atoms with van der Waals surface area (Å²) < 4.78 is 0. The summed E-state index contributed by atoms with van der Waals surface area (Å²) in [6, 6.07) is 9.28. The van der Waals surface area contributed by atoms with E-state index in [0.29, 0.717) is 12.0 Å². The first-order valence-electron chi connectivity index (χ1n) is 7.41. The van der Waals surface area contributed by atoms with E-state index in [9.17, 15) is 5.11 Å². The van der Waals surface area contributed by atoms with E-state index in [1.54, 1.807) is 0 Å². The summed E-state index contributed by atoms with van der Waals surface area (Å²) in [5, 5.41) is 13.6. The molecule has 1 aromatic carbocycles. The van der Waals surface area contributed by atoms with Crippen molar-refractivity contribution in [1.82, 2.24) is 5.32 Å². The lowest BCUT2D eigenvalue weighted by Crippen LogP contribution is -2.32. The van der Waals surface area contributed by atoms with Crippen LogP contribution in [0.15, 0.2) is 24.3 Å². The third-order valence-corrected chi connectivity index (χ3v) is 5.54. The molecule has 3 atom stereocenters. The van der Waals surface area contributed by atoms with Crippen LogP contribution in [0.3, 0.4) is 0 Å². The quantitative estimate of drug-likeness (QED) is 0.891. The lowest BCUT2D eigenvalue weighted by molar-refractivity contribution is 0.130. The van der Waals surface area contributed by atoms with E-state index in [-0.39, 0.29) is 6.10 Å². The average molecular weight is 277 g/mol. The van der Waals surface area contributed by atoms with E-state index in [1.807, 2.05) is 11.8 Å². The van der Waals surface area contributed by atoms with E-state index in [4.69, 9.17) is 0 Å². The van der Waals surface area contributed by atoms with Crippen molar-refractivity contribution >= 4 is 11.8 Å². The molecule has 1 aliphatic heterocycles. The molecule has 3 heteroatoms. The Hall–Kier alpha value is -0.510. The summed E-state index contributed by atoms with van der Waals surface area (Å²) in [4.78, 5) is 0. The summed E-state index contributed by atoms with van der Waals surface area (Å²) >= 11 is 2.04.